The molecule has 4 aromatic rings. The lowest BCUT2D eigenvalue weighted by Crippen LogP contribution is -2.24. The maximum absolute atomic E-state index is 13.0. The van der Waals surface area contributed by atoms with Gasteiger partial charge in [0.25, 0.3) is 0 Å². The van der Waals surface area contributed by atoms with Gasteiger partial charge in [0.05, 0.1) is 34.5 Å². The number of amides is 1. The van der Waals surface area contributed by atoms with E-state index in [4.69, 9.17) is 35.5 Å². The average Bonchev–Trinajstić information content (AvgIpc) is 3.66. The topological polar surface area (TPSA) is 115 Å². The maximum Gasteiger partial charge on any atom is 0.229 e. The zero-order valence-electron chi connectivity index (χ0n) is 25.0. The number of anilines is 2. The van der Waals surface area contributed by atoms with E-state index in [2.05, 4.69) is 15.2 Å². The standard InChI is InChI=1S/C33H35ClN4O6/c1-41-21-7-5-18(26(13-21)43-3)16-38(17-19-6-8-22(42-2)14-27(19)44-4)32-24-15-35-29(12-20(24)11-28(34)36-32)37-33(40)31-23-9-10-25(39)30(23)31/h5-8,11-15,23,25,30-31,39H,9-10,16-17H2,1-4H3,(H,35,37,40). The molecule has 4 atom stereocenters. The van der Waals surface area contributed by atoms with Gasteiger partial charge in [0.1, 0.15) is 39.8 Å². The Balaban J connectivity index is 1.37. The minimum Gasteiger partial charge on any atom is -0.497 e. The SMILES string of the molecule is COc1ccc(CN(Cc2ccc(OC)cc2OC)c2nc(Cl)cc3cc(NC(=O)C4C5CCC(O)C54)ncc23)c(OC)c1. The summed E-state index contributed by atoms with van der Waals surface area (Å²) in [4.78, 5) is 24.4. The van der Waals surface area contributed by atoms with Crippen LogP contribution in [0.25, 0.3) is 10.8 Å². The third kappa shape index (κ3) is 5.79. The molecule has 0 spiro atoms. The second kappa shape index (κ2) is 12.4. The maximum atomic E-state index is 13.0. The third-order valence-corrected chi connectivity index (χ3v) is 8.89. The smallest absolute Gasteiger partial charge is 0.229 e. The van der Waals surface area contributed by atoms with Crippen LogP contribution in [0.5, 0.6) is 23.0 Å². The Morgan fingerprint density at radius 2 is 1.57 bits per heavy atom. The number of rotatable bonds is 11. The first-order valence-electron chi connectivity index (χ1n) is 14.5. The number of aromatic nitrogens is 2. The summed E-state index contributed by atoms with van der Waals surface area (Å²) in [6, 6.07) is 14.9. The number of aliphatic hydroxyl groups is 1. The van der Waals surface area contributed by atoms with Crippen LogP contribution in [0.1, 0.15) is 24.0 Å². The molecule has 0 saturated heterocycles. The first-order valence-corrected chi connectivity index (χ1v) is 14.8. The van der Waals surface area contributed by atoms with E-state index in [-0.39, 0.29) is 23.7 Å². The second-order valence-electron chi connectivity index (χ2n) is 11.2. The van der Waals surface area contributed by atoms with Crippen molar-refractivity contribution < 1.29 is 28.8 Å². The summed E-state index contributed by atoms with van der Waals surface area (Å²) >= 11 is 6.61. The first kappa shape index (κ1) is 29.8. The van der Waals surface area contributed by atoms with E-state index >= 15 is 0 Å². The molecule has 6 rings (SSSR count). The van der Waals surface area contributed by atoms with Crippen LogP contribution < -0.4 is 29.2 Å². The zero-order valence-corrected chi connectivity index (χ0v) is 25.8. The van der Waals surface area contributed by atoms with Gasteiger partial charge in [-0.15, -0.1) is 0 Å². The normalized spacial score (nSPS) is 20.1. The molecule has 2 aliphatic rings. The average molecular weight is 619 g/mol. The number of fused-ring (bicyclic) bond motifs is 2. The summed E-state index contributed by atoms with van der Waals surface area (Å²) in [6.45, 7) is 0.826. The van der Waals surface area contributed by atoms with Gasteiger partial charge in [0.2, 0.25) is 5.91 Å². The van der Waals surface area contributed by atoms with E-state index in [0.29, 0.717) is 52.9 Å². The highest BCUT2D eigenvalue weighted by Gasteiger charge is 2.61. The van der Waals surface area contributed by atoms with Crippen molar-refractivity contribution >= 4 is 39.9 Å². The molecule has 2 N–H and O–H groups in total. The largest absolute Gasteiger partial charge is 0.497 e. The van der Waals surface area contributed by atoms with E-state index in [0.717, 1.165) is 34.7 Å². The first-order chi connectivity index (χ1) is 21.3. The van der Waals surface area contributed by atoms with E-state index in [1.54, 1.807) is 46.8 Å². The van der Waals surface area contributed by atoms with Gasteiger partial charge in [0.15, 0.2) is 0 Å². The molecule has 230 valence electrons. The number of benzene rings is 2. The van der Waals surface area contributed by atoms with Gasteiger partial charge < -0.3 is 34.3 Å². The molecule has 2 aromatic heterocycles. The van der Waals surface area contributed by atoms with Crippen molar-refractivity contribution in [3.63, 3.8) is 0 Å². The number of carbonyl (C=O) groups is 1. The molecule has 10 nitrogen and oxygen atoms in total. The third-order valence-electron chi connectivity index (χ3n) is 8.70. The predicted octanol–water partition coefficient (Wildman–Crippen LogP) is 5.48. The van der Waals surface area contributed by atoms with Crippen molar-refractivity contribution in [1.82, 2.24) is 9.97 Å². The number of hydrogen-bond donors (Lipinski definition) is 2. The number of nitrogens with one attached hydrogen (secondary N) is 1. The molecule has 0 radical (unpaired) electrons. The predicted molar refractivity (Wildman–Crippen MR) is 168 cm³/mol. The van der Waals surface area contributed by atoms with Crippen molar-refractivity contribution in [3.8, 4) is 23.0 Å². The lowest BCUT2D eigenvalue weighted by Gasteiger charge is -2.27. The second-order valence-corrected chi connectivity index (χ2v) is 11.6. The Morgan fingerprint density at radius 1 is 0.932 bits per heavy atom. The monoisotopic (exact) mass is 618 g/mol. The van der Waals surface area contributed by atoms with Gasteiger partial charge in [-0.05, 0) is 60.5 Å². The minimum absolute atomic E-state index is 0.0548. The van der Waals surface area contributed by atoms with Crippen molar-refractivity contribution in [2.45, 2.75) is 32.0 Å². The van der Waals surface area contributed by atoms with Crippen molar-refractivity contribution in [2.24, 2.45) is 17.8 Å². The number of ether oxygens (including phenoxy) is 4. The van der Waals surface area contributed by atoms with E-state index in [1.807, 2.05) is 36.4 Å². The molecule has 2 aromatic carbocycles. The van der Waals surface area contributed by atoms with Crippen LogP contribution in [0.2, 0.25) is 5.15 Å². The van der Waals surface area contributed by atoms with E-state index in [9.17, 15) is 9.90 Å². The summed E-state index contributed by atoms with van der Waals surface area (Å²) in [5.41, 5.74) is 1.81. The number of nitrogens with zero attached hydrogens (tertiary/aromatic N) is 3. The molecule has 2 aliphatic carbocycles. The fourth-order valence-corrected chi connectivity index (χ4v) is 6.62. The molecule has 1 amide bonds. The van der Waals surface area contributed by atoms with Crippen molar-refractivity contribution in [2.75, 3.05) is 38.7 Å². The number of hydrogen-bond acceptors (Lipinski definition) is 9. The van der Waals surface area contributed by atoms with Crippen LogP contribution in [0.4, 0.5) is 11.6 Å². The summed E-state index contributed by atoms with van der Waals surface area (Å²) in [5, 5.41) is 14.9. The van der Waals surface area contributed by atoms with Crippen LogP contribution >= 0.6 is 11.6 Å². The number of carbonyl (C=O) groups excluding carboxylic acids is 1. The highest BCUT2D eigenvalue weighted by atomic mass is 35.5. The van der Waals surface area contributed by atoms with Gasteiger partial charge in [-0.25, -0.2) is 9.97 Å². The highest BCUT2D eigenvalue weighted by Crippen LogP contribution is 2.57. The van der Waals surface area contributed by atoms with Crippen molar-refractivity contribution in [3.05, 3.63) is 71.0 Å². The summed E-state index contributed by atoms with van der Waals surface area (Å²) in [5.74, 6) is 3.78. The molecular formula is C33H35ClN4O6. The Hall–Kier alpha value is -4.28. The molecular weight excluding hydrogens is 584 g/mol. The van der Waals surface area contributed by atoms with E-state index < -0.39 is 6.10 Å². The fraction of sp³-hybridized carbons (Fsp3) is 0.364. The number of pyridine rings is 2. The van der Waals surface area contributed by atoms with Crippen molar-refractivity contribution in [1.29, 1.82) is 0 Å². The summed E-state index contributed by atoms with van der Waals surface area (Å²) in [6.07, 6.45) is 2.96. The lowest BCUT2D eigenvalue weighted by molar-refractivity contribution is -0.118. The van der Waals surface area contributed by atoms with Gasteiger partial charge in [-0.1, -0.05) is 11.6 Å². The molecule has 11 heteroatoms. The van der Waals surface area contributed by atoms with Crippen LogP contribution in [0, 0.1) is 17.8 Å². The molecule has 2 saturated carbocycles. The lowest BCUT2D eigenvalue weighted by atomic mass is 10.1. The quantitative estimate of drug-likeness (QED) is 0.211. The van der Waals surface area contributed by atoms with Crippen LogP contribution in [0.15, 0.2) is 54.7 Å². The van der Waals surface area contributed by atoms with Gasteiger partial charge in [0, 0.05) is 59.8 Å². The van der Waals surface area contributed by atoms with Gasteiger partial charge in [-0.2, -0.15) is 0 Å². The number of halogens is 1. The van der Waals surface area contributed by atoms with Crippen LogP contribution in [-0.4, -0.2) is 55.5 Å². The molecule has 4 unspecified atom stereocenters. The highest BCUT2D eigenvalue weighted by molar-refractivity contribution is 6.30. The molecule has 2 heterocycles. The minimum atomic E-state index is -0.396. The van der Waals surface area contributed by atoms with E-state index in [1.165, 1.54) is 0 Å². The summed E-state index contributed by atoms with van der Waals surface area (Å²) < 4.78 is 22.2. The van der Waals surface area contributed by atoms with Gasteiger partial charge in [-0.3, -0.25) is 4.79 Å². The number of aliphatic hydroxyl groups excluding tert-OH is 1. The fourth-order valence-electron chi connectivity index (χ4n) is 6.42. The number of methoxy groups -OCH3 is 4. The molecule has 0 aliphatic heterocycles. The molecule has 44 heavy (non-hydrogen) atoms. The van der Waals surface area contributed by atoms with Crippen LogP contribution in [0.3, 0.4) is 0 Å². The Kier molecular flexibility index (Phi) is 8.38. The Bertz CT molecular complexity index is 1640. The molecule has 2 fully saturated rings. The van der Waals surface area contributed by atoms with Gasteiger partial charge >= 0.3 is 0 Å². The van der Waals surface area contributed by atoms with Crippen LogP contribution in [-0.2, 0) is 17.9 Å². The Morgan fingerprint density at radius 3 is 2.11 bits per heavy atom. The zero-order chi connectivity index (χ0) is 31.0. The summed E-state index contributed by atoms with van der Waals surface area (Å²) in [7, 11) is 6.47. The Labute approximate surface area is 260 Å². The molecule has 0 bridgehead atoms.